The first-order valence-electron chi connectivity index (χ1n) is 9.26. The number of benzene rings is 2. The molecule has 0 aliphatic carbocycles. The highest BCUT2D eigenvalue weighted by Crippen LogP contribution is 2.27. The molecule has 0 aliphatic rings. The van der Waals surface area contributed by atoms with Gasteiger partial charge in [-0.25, -0.2) is 4.79 Å². The Kier molecular flexibility index (Phi) is 4.95. The van der Waals surface area contributed by atoms with E-state index in [1.165, 1.54) is 9.36 Å². The van der Waals surface area contributed by atoms with E-state index in [9.17, 15) is 4.79 Å². The van der Waals surface area contributed by atoms with Crippen molar-refractivity contribution in [1.82, 2.24) is 24.8 Å². The van der Waals surface area contributed by atoms with Crippen LogP contribution < -0.4 is 10.4 Å². The maximum atomic E-state index is 12.3. The van der Waals surface area contributed by atoms with E-state index in [0.29, 0.717) is 12.3 Å². The summed E-state index contributed by atoms with van der Waals surface area (Å²) in [4.78, 5) is 16.5. The van der Waals surface area contributed by atoms with Crippen LogP contribution in [0.1, 0.15) is 16.7 Å². The molecule has 2 aromatic carbocycles. The Hall–Kier alpha value is -3.74. The summed E-state index contributed by atoms with van der Waals surface area (Å²) in [5.74, 6) is 0.790. The van der Waals surface area contributed by atoms with Gasteiger partial charge >= 0.3 is 5.69 Å². The van der Waals surface area contributed by atoms with E-state index in [2.05, 4.69) is 21.5 Å². The quantitative estimate of drug-likeness (QED) is 0.526. The summed E-state index contributed by atoms with van der Waals surface area (Å²) in [6.45, 7) is 4.32. The van der Waals surface area contributed by atoms with Gasteiger partial charge in [0, 0.05) is 30.6 Å². The number of ether oxygens (including phenoxy) is 1. The fourth-order valence-corrected chi connectivity index (χ4v) is 3.21. The van der Waals surface area contributed by atoms with Crippen LogP contribution in [0.4, 0.5) is 0 Å². The monoisotopic (exact) mass is 387 g/mol. The van der Waals surface area contributed by atoms with Gasteiger partial charge in [-0.3, -0.25) is 4.98 Å². The van der Waals surface area contributed by atoms with Gasteiger partial charge in [0.1, 0.15) is 12.4 Å². The Labute approximate surface area is 168 Å². The summed E-state index contributed by atoms with van der Waals surface area (Å²) in [6, 6.07) is 15.7. The van der Waals surface area contributed by atoms with Crippen LogP contribution in [0.5, 0.6) is 5.75 Å². The molecule has 2 aromatic heterocycles. The normalized spacial score (nSPS) is 10.9. The molecular weight excluding hydrogens is 366 g/mol. The lowest BCUT2D eigenvalue weighted by Gasteiger charge is -2.15. The summed E-state index contributed by atoms with van der Waals surface area (Å²) >= 11 is 0. The predicted octanol–water partition coefficient (Wildman–Crippen LogP) is 3.22. The number of hydrogen-bond donors (Lipinski definition) is 0. The topological polar surface area (TPSA) is 74.8 Å². The average molecular weight is 387 g/mol. The third kappa shape index (κ3) is 3.67. The molecule has 7 nitrogen and oxygen atoms in total. The lowest BCUT2D eigenvalue weighted by molar-refractivity contribution is 0.302. The molecule has 0 amide bonds. The number of pyridine rings is 1. The van der Waals surface area contributed by atoms with Crippen molar-refractivity contribution in [3.05, 3.63) is 88.1 Å². The molecule has 0 saturated heterocycles. The zero-order valence-corrected chi connectivity index (χ0v) is 16.5. The molecule has 4 rings (SSSR count). The summed E-state index contributed by atoms with van der Waals surface area (Å²) in [5.41, 5.74) is 5.46. The van der Waals surface area contributed by atoms with Crippen LogP contribution in [-0.2, 0) is 13.7 Å². The van der Waals surface area contributed by atoms with Crippen molar-refractivity contribution in [2.45, 2.75) is 20.5 Å². The van der Waals surface area contributed by atoms with Crippen molar-refractivity contribution < 1.29 is 4.74 Å². The van der Waals surface area contributed by atoms with E-state index < -0.39 is 0 Å². The lowest BCUT2D eigenvalue weighted by atomic mass is 10.0. The molecule has 0 fully saturated rings. The Morgan fingerprint density at radius 1 is 0.966 bits per heavy atom. The summed E-state index contributed by atoms with van der Waals surface area (Å²) in [7, 11) is 1.57. The summed E-state index contributed by atoms with van der Waals surface area (Å²) in [6.07, 6.45) is 3.60. The fourth-order valence-electron chi connectivity index (χ4n) is 3.21. The van der Waals surface area contributed by atoms with Crippen molar-refractivity contribution in [2.24, 2.45) is 7.05 Å². The molecule has 0 unspecified atom stereocenters. The van der Waals surface area contributed by atoms with Gasteiger partial charge in [0.2, 0.25) is 0 Å². The smallest absolute Gasteiger partial charge is 0.368 e. The highest BCUT2D eigenvalue weighted by molar-refractivity contribution is 5.64. The second-order valence-corrected chi connectivity index (χ2v) is 6.88. The van der Waals surface area contributed by atoms with Crippen LogP contribution in [-0.4, -0.2) is 24.8 Å². The Morgan fingerprint density at radius 3 is 2.52 bits per heavy atom. The molecule has 2 heterocycles. The van der Waals surface area contributed by atoms with Crippen molar-refractivity contribution in [3.63, 3.8) is 0 Å². The second-order valence-electron chi connectivity index (χ2n) is 6.88. The van der Waals surface area contributed by atoms with E-state index >= 15 is 0 Å². The van der Waals surface area contributed by atoms with Gasteiger partial charge < -0.3 is 4.74 Å². The van der Waals surface area contributed by atoms with Gasteiger partial charge in [0.15, 0.2) is 0 Å². The summed E-state index contributed by atoms with van der Waals surface area (Å²) in [5, 5.41) is 7.77. The van der Waals surface area contributed by atoms with Gasteiger partial charge in [-0.1, -0.05) is 24.3 Å². The SMILES string of the molecule is Cc1cc(-c2cccnc2)ccc1OCc1c(C)cccc1-n1nnn(C)c1=O. The zero-order valence-electron chi connectivity index (χ0n) is 16.5. The molecule has 0 bridgehead atoms. The minimum atomic E-state index is -0.297. The van der Waals surface area contributed by atoms with Crippen LogP contribution in [0.2, 0.25) is 0 Å². The van der Waals surface area contributed by atoms with Gasteiger partial charge in [0.25, 0.3) is 0 Å². The number of rotatable bonds is 5. The molecule has 0 N–H and O–H groups in total. The third-order valence-electron chi connectivity index (χ3n) is 4.88. The molecule has 0 saturated carbocycles. The molecule has 146 valence electrons. The number of tetrazole rings is 1. The number of aryl methyl sites for hydroxylation is 3. The second kappa shape index (κ2) is 7.71. The van der Waals surface area contributed by atoms with E-state index in [1.54, 1.807) is 13.2 Å². The van der Waals surface area contributed by atoms with Crippen LogP contribution in [0.15, 0.2) is 65.7 Å². The highest BCUT2D eigenvalue weighted by Gasteiger charge is 2.14. The third-order valence-corrected chi connectivity index (χ3v) is 4.88. The maximum Gasteiger partial charge on any atom is 0.368 e. The number of nitrogens with zero attached hydrogens (tertiary/aromatic N) is 5. The molecule has 0 aliphatic heterocycles. The lowest BCUT2D eigenvalue weighted by Crippen LogP contribution is -2.23. The minimum Gasteiger partial charge on any atom is -0.489 e. The van der Waals surface area contributed by atoms with Crippen molar-refractivity contribution in [1.29, 1.82) is 0 Å². The van der Waals surface area contributed by atoms with E-state index in [4.69, 9.17) is 4.74 Å². The van der Waals surface area contributed by atoms with E-state index in [-0.39, 0.29) is 5.69 Å². The van der Waals surface area contributed by atoms with Gasteiger partial charge in [-0.2, -0.15) is 9.36 Å². The van der Waals surface area contributed by atoms with E-state index in [0.717, 1.165) is 33.6 Å². The van der Waals surface area contributed by atoms with Crippen LogP contribution in [0.3, 0.4) is 0 Å². The molecule has 0 radical (unpaired) electrons. The average Bonchev–Trinajstić information content (AvgIpc) is 3.07. The van der Waals surface area contributed by atoms with Gasteiger partial charge in [0.05, 0.1) is 5.69 Å². The first-order chi connectivity index (χ1) is 14.0. The Bertz CT molecular complexity index is 1210. The summed E-state index contributed by atoms with van der Waals surface area (Å²) < 4.78 is 8.62. The zero-order chi connectivity index (χ0) is 20.4. The van der Waals surface area contributed by atoms with Crippen LogP contribution in [0.25, 0.3) is 16.8 Å². The fraction of sp³-hybridized carbons (Fsp3) is 0.182. The predicted molar refractivity (Wildman–Crippen MR) is 110 cm³/mol. The van der Waals surface area contributed by atoms with Crippen molar-refractivity contribution in [3.8, 4) is 22.6 Å². The van der Waals surface area contributed by atoms with Crippen LogP contribution in [0, 0.1) is 13.8 Å². The Balaban J connectivity index is 1.62. The molecule has 4 aromatic rings. The first kappa shape index (κ1) is 18.6. The molecule has 0 atom stereocenters. The number of hydrogen-bond acceptors (Lipinski definition) is 5. The molecular formula is C22H21N5O2. The molecule has 0 spiro atoms. The molecule has 29 heavy (non-hydrogen) atoms. The number of aromatic nitrogens is 5. The minimum absolute atomic E-state index is 0.297. The van der Waals surface area contributed by atoms with Crippen molar-refractivity contribution in [2.75, 3.05) is 0 Å². The van der Waals surface area contributed by atoms with Crippen molar-refractivity contribution >= 4 is 0 Å². The first-order valence-corrected chi connectivity index (χ1v) is 9.26. The standard InChI is InChI=1S/C22H21N5O2/c1-15-6-4-8-20(27-22(28)26(3)24-25-27)19(15)14-29-21-10-9-17(12-16(21)2)18-7-5-11-23-13-18/h4-13H,14H2,1-3H3. The van der Waals surface area contributed by atoms with Crippen LogP contribution >= 0.6 is 0 Å². The Morgan fingerprint density at radius 2 is 1.83 bits per heavy atom. The highest BCUT2D eigenvalue weighted by atomic mass is 16.5. The van der Waals surface area contributed by atoms with Gasteiger partial charge in [-0.15, -0.1) is 0 Å². The maximum absolute atomic E-state index is 12.3. The molecule has 7 heteroatoms. The van der Waals surface area contributed by atoms with Gasteiger partial charge in [-0.05, 0) is 65.2 Å². The van der Waals surface area contributed by atoms with E-state index in [1.807, 2.05) is 62.5 Å². The largest absolute Gasteiger partial charge is 0.489 e.